The lowest BCUT2D eigenvalue weighted by atomic mass is 10.1. The summed E-state index contributed by atoms with van der Waals surface area (Å²) in [6.07, 6.45) is 4.27. The monoisotopic (exact) mass is 438 g/mol. The Hall–Kier alpha value is -0.820. The van der Waals surface area contributed by atoms with Crippen LogP contribution in [0.4, 0.5) is 11.4 Å². The van der Waals surface area contributed by atoms with Crippen molar-refractivity contribution in [3.63, 3.8) is 0 Å². The molecule has 2 aromatic rings. The summed E-state index contributed by atoms with van der Waals surface area (Å²) >= 11 is 1.78. The van der Waals surface area contributed by atoms with Crippen LogP contribution in [-0.4, -0.2) is 12.0 Å². The molecule has 0 aliphatic carbocycles. The Balaban J connectivity index is 0.00000192. The third-order valence-corrected chi connectivity index (χ3v) is 5.60. The van der Waals surface area contributed by atoms with Crippen molar-refractivity contribution in [3.05, 3.63) is 60.7 Å². The standard InChI is InChI=1S/C19H23N2S.HI/c1-3-5-14-21(16-11-7-6-8-12-16)18-15(4-2)10-9-13-17(18)22-19(21)20;/h4,6-13,19H,2-3,5,14,20H2,1H3;1H/q+1;/p-1. The zero-order valence-corrected chi connectivity index (χ0v) is 16.4. The van der Waals surface area contributed by atoms with Crippen LogP contribution >= 0.6 is 11.8 Å². The molecule has 2 atom stereocenters. The van der Waals surface area contributed by atoms with Gasteiger partial charge in [-0.1, -0.05) is 50.3 Å². The lowest BCUT2D eigenvalue weighted by molar-refractivity contribution is -0.00000442. The van der Waals surface area contributed by atoms with Crippen molar-refractivity contribution >= 4 is 29.2 Å². The maximum atomic E-state index is 6.66. The van der Waals surface area contributed by atoms with Crippen molar-refractivity contribution in [2.24, 2.45) is 5.73 Å². The summed E-state index contributed by atoms with van der Waals surface area (Å²) in [6, 6.07) is 17.1. The summed E-state index contributed by atoms with van der Waals surface area (Å²) in [5, 5.41) is 0. The minimum absolute atomic E-state index is 0. The Morgan fingerprint density at radius 2 is 1.91 bits per heavy atom. The maximum absolute atomic E-state index is 6.66. The number of hydrogen-bond donors (Lipinski definition) is 1. The fraction of sp³-hybridized carbons (Fsp3) is 0.263. The van der Waals surface area contributed by atoms with Crippen LogP contribution in [0.2, 0.25) is 0 Å². The number of thioether (sulfide) groups is 1. The molecule has 0 radical (unpaired) electrons. The molecule has 4 heteroatoms. The molecule has 0 fully saturated rings. The quantitative estimate of drug-likeness (QED) is 0.572. The maximum Gasteiger partial charge on any atom is 0.202 e. The summed E-state index contributed by atoms with van der Waals surface area (Å²) in [4.78, 5) is 1.28. The number of rotatable bonds is 5. The van der Waals surface area contributed by atoms with Gasteiger partial charge in [-0.15, -0.1) is 0 Å². The van der Waals surface area contributed by atoms with Gasteiger partial charge in [-0.2, -0.15) is 0 Å². The summed E-state index contributed by atoms with van der Waals surface area (Å²) in [6.45, 7) is 7.27. The molecule has 2 aromatic carbocycles. The SMILES string of the molecule is C=Cc1cccc2c1[N+](CCCC)(c1ccccc1)C(N)S2.[I-]. The molecule has 0 amide bonds. The van der Waals surface area contributed by atoms with Gasteiger partial charge in [0, 0.05) is 5.56 Å². The molecule has 2 unspecified atom stereocenters. The van der Waals surface area contributed by atoms with Crippen molar-refractivity contribution in [1.82, 2.24) is 4.48 Å². The highest BCUT2D eigenvalue weighted by molar-refractivity contribution is 8.00. The Morgan fingerprint density at radius 3 is 2.57 bits per heavy atom. The molecule has 0 saturated carbocycles. The predicted octanol–water partition coefficient (Wildman–Crippen LogP) is 2.12. The van der Waals surface area contributed by atoms with E-state index >= 15 is 0 Å². The first kappa shape index (κ1) is 18.5. The third kappa shape index (κ3) is 3.09. The summed E-state index contributed by atoms with van der Waals surface area (Å²) < 4.78 is 0.719. The molecule has 1 heterocycles. The van der Waals surface area contributed by atoms with Crippen LogP contribution in [0, 0.1) is 0 Å². The number of quaternary nitrogens is 1. The molecule has 1 aliphatic rings. The van der Waals surface area contributed by atoms with Gasteiger partial charge in [0.1, 0.15) is 5.69 Å². The second-order valence-electron chi connectivity index (χ2n) is 5.69. The number of halogens is 1. The van der Waals surface area contributed by atoms with Gasteiger partial charge in [-0.05, 0) is 42.4 Å². The fourth-order valence-electron chi connectivity index (χ4n) is 3.32. The van der Waals surface area contributed by atoms with Crippen molar-refractivity contribution < 1.29 is 24.0 Å². The van der Waals surface area contributed by atoms with E-state index in [1.807, 2.05) is 6.08 Å². The molecule has 0 saturated heterocycles. The molecule has 0 bridgehead atoms. The Morgan fingerprint density at radius 1 is 1.17 bits per heavy atom. The molecule has 122 valence electrons. The minimum atomic E-state index is -0.00921. The molecule has 1 aliphatic heterocycles. The second-order valence-corrected chi connectivity index (χ2v) is 6.85. The van der Waals surface area contributed by atoms with Crippen LogP contribution in [0.1, 0.15) is 25.3 Å². The number of hydrogen-bond acceptors (Lipinski definition) is 2. The predicted molar refractivity (Wildman–Crippen MR) is 98.0 cm³/mol. The van der Waals surface area contributed by atoms with E-state index in [2.05, 4.69) is 62.0 Å². The van der Waals surface area contributed by atoms with Crippen LogP contribution in [-0.2, 0) is 0 Å². The molecule has 0 aromatic heterocycles. The van der Waals surface area contributed by atoms with Crippen LogP contribution in [0.3, 0.4) is 0 Å². The average Bonchev–Trinajstić information content (AvgIpc) is 2.86. The number of unbranched alkanes of at least 4 members (excludes halogenated alkanes) is 1. The van der Waals surface area contributed by atoms with Crippen LogP contribution in [0.25, 0.3) is 6.08 Å². The summed E-state index contributed by atoms with van der Waals surface area (Å²) in [7, 11) is 0. The minimum Gasteiger partial charge on any atom is -1.00 e. The zero-order valence-electron chi connectivity index (χ0n) is 13.4. The Bertz CT molecular complexity index is 674. The van der Waals surface area contributed by atoms with Crippen LogP contribution in [0.5, 0.6) is 0 Å². The third-order valence-electron chi connectivity index (χ3n) is 4.41. The Labute approximate surface area is 160 Å². The molecular formula is C19H23IN2S. The zero-order chi connectivity index (χ0) is 15.6. The molecule has 0 spiro atoms. The first-order valence-corrected chi connectivity index (χ1v) is 8.73. The highest BCUT2D eigenvalue weighted by Gasteiger charge is 2.48. The van der Waals surface area contributed by atoms with Crippen LogP contribution in [0.15, 0.2) is 60.0 Å². The van der Waals surface area contributed by atoms with E-state index in [9.17, 15) is 0 Å². The van der Waals surface area contributed by atoms with E-state index in [0.29, 0.717) is 0 Å². The largest absolute Gasteiger partial charge is 1.00 e. The smallest absolute Gasteiger partial charge is 0.202 e. The topological polar surface area (TPSA) is 26.0 Å². The van der Waals surface area contributed by atoms with Gasteiger partial charge in [-0.25, -0.2) is 4.48 Å². The van der Waals surface area contributed by atoms with E-state index < -0.39 is 0 Å². The van der Waals surface area contributed by atoms with Gasteiger partial charge in [0.25, 0.3) is 0 Å². The van der Waals surface area contributed by atoms with E-state index in [0.717, 1.165) is 23.9 Å². The van der Waals surface area contributed by atoms with Gasteiger partial charge < -0.3 is 24.0 Å². The van der Waals surface area contributed by atoms with Gasteiger partial charge >= 0.3 is 0 Å². The number of nitrogens with two attached hydrogens (primary N) is 1. The van der Waals surface area contributed by atoms with Crippen molar-refractivity contribution in [2.75, 3.05) is 6.54 Å². The van der Waals surface area contributed by atoms with Gasteiger partial charge in [0.05, 0.1) is 11.4 Å². The van der Waals surface area contributed by atoms with E-state index in [1.54, 1.807) is 11.8 Å². The molecule has 2 N–H and O–H groups in total. The first-order valence-electron chi connectivity index (χ1n) is 7.85. The molecule has 3 rings (SSSR count). The Kier molecular flexibility index (Phi) is 6.31. The van der Waals surface area contributed by atoms with Crippen LogP contribution < -0.4 is 34.2 Å². The number of benzene rings is 2. The van der Waals surface area contributed by atoms with Crippen molar-refractivity contribution in [1.29, 1.82) is 0 Å². The van der Waals surface area contributed by atoms with Gasteiger partial charge in [0.2, 0.25) is 5.50 Å². The lowest BCUT2D eigenvalue weighted by Gasteiger charge is -2.38. The highest BCUT2D eigenvalue weighted by Crippen LogP contribution is 2.53. The van der Waals surface area contributed by atoms with E-state index in [-0.39, 0.29) is 29.5 Å². The fourth-order valence-corrected chi connectivity index (χ4v) is 4.64. The van der Waals surface area contributed by atoms with E-state index in [4.69, 9.17) is 5.73 Å². The van der Waals surface area contributed by atoms with Gasteiger partial charge in [0.15, 0.2) is 5.69 Å². The van der Waals surface area contributed by atoms with Crippen molar-refractivity contribution in [3.8, 4) is 0 Å². The van der Waals surface area contributed by atoms with Crippen molar-refractivity contribution in [2.45, 2.75) is 30.2 Å². The molecule has 23 heavy (non-hydrogen) atoms. The molecule has 2 nitrogen and oxygen atoms in total. The normalized spacial score (nSPS) is 22.3. The second kappa shape index (κ2) is 7.83. The first-order chi connectivity index (χ1) is 10.7. The summed E-state index contributed by atoms with van der Waals surface area (Å²) in [5.74, 6) is 0. The van der Waals surface area contributed by atoms with E-state index in [1.165, 1.54) is 21.8 Å². The number of fused-ring (bicyclic) bond motifs is 1. The highest BCUT2D eigenvalue weighted by atomic mass is 127. The number of para-hydroxylation sites is 2. The summed E-state index contributed by atoms with van der Waals surface area (Å²) in [5.41, 5.74) is 10.4. The average molecular weight is 438 g/mol. The molecular weight excluding hydrogens is 415 g/mol. The lowest BCUT2D eigenvalue weighted by Crippen LogP contribution is -3.00. The number of nitrogens with zero attached hydrogens (tertiary/aromatic N) is 1. The van der Waals surface area contributed by atoms with Gasteiger partial charge in [-0.3, -0.25) is 5.73 Å².